The molecule has 0 aromatic heterocycles. The maximum Gasteiger partial charge on any atom is 0.335 e. The van der Waals surface area contributed by atoms with Gasteiger partial charge in [-0.25, -0.2) is 4.79 Å². The zero-order valence-electron chi connectivity index (χ0n) is 10.9. The van der Waals surface area contributed by atoms with Crippen molar-refractivity contribution >= 4 is 11.7 Å². The Labute approximate surface area is 116 Å². The lowest BCUT2D eigenvalue weighted by atomic mass is 10.1. The molecular formula is C16H15NO3. The van der Waals surface area contributed by atoms with Crippen LogP contribution in [0.1, 0.15) is 21.5 Å². The molecule has 4 nitrogen and oxygen atoms in total. The highest BCUT2D eigenvalue weighted by molar-refractivity contribution is 5.88. The Bertz CT molecular complexity index is 667. The van der Waals surface area contributed by atoms with Crippen molar-refractivity contribution in [2.75, 3.05) is 11.4 Å². The van der Waals surface area contributed by atoms with Crippen molar-refractivity contribution < 1.29 is 15.0 Å². The highest BCUT2D eigenvalue weighted by Gasteiger charge is 2.20. The van der Waals surface area contributed by atoms with Crippen molar-refractivity contribution in [1.82, 2.24) is 0 Å². The molecule has 0 amide bonds. The van der Waals surface area contributed by atoms with Gasteiger partial charge in [0.2, 0.25) is 0 Å². The number of carbonyl (C=O) groups is 1. The predicted octanol–water partition coefficient (Wildman–Crippen LogP) is 2.65. The van der Waals surface area contributed by atoms with Crippen LogP contribution in [0.2, 0.25) is 0 Å². The largest absolute Gasteiger partial charge is 0.508 e. The van der Waals surface area contributed by atoms with Crippen molar-refractivity contribution in [1.29, 1.82) is 0 Å². The van der Waals surface area contributed by atoms with E-state index in [4.69, 9.17) is 5.11 Å². The van der Waals surface area contributed by atoms with E-state index in [0.29, 0.717) is 12.1 Å². The van der Waals surface area contributed by atoms with E-state index < -0.39 is 5.97 Å². The van der Waals surface area contributed by atoms with Gasteiger partial charge in [0.05, 0.1) is 5.56 Å². The molecule has 1 aliphatic heterocycles. The molecule has 0 unspecified atom stereocenters. The minimum Gasteiger partial charge on any atom is -0.508 e. The lowest BCUT2D eigenvalue weighted by Crippen LogP contribution is -2.19. The van der Waals surface area contributed by atoms with E-state index in [1.807, 2.05) is 18.2 Å². The zero-order valence-corrected chi connectivity index (χ0v) is 10.9. The molecule has 2 aromatic rings. The van der Waals surface area contributed by atoms with E-state index in [2.05, 4.69) is 4.90 Å². The van der Waals surface area contributed by atoms with Gasteiger partial charge in [0.25, 0.3) is 0 Å². The molecule has 0 radical (unpaired) electrons. The minimum absolute atomic E-state index is 0.267. The van der Waals surface area contributed by atoms with Crippen LogP contribution >= 0.6 is 0 Å². The maximum atomic E-state index is 11.0. The van der Waals surface area contributed by atoms with Gasteiger partial charge in [-0.15, -0.1) is 0 Å². The average Bonchev–Trinajstić information content (AvgIpc) is 2.81. The van der Waals surface area contributed by atoms with Gasteiger partial charge >= 0.3 is 5.97 Å². The van der Waals surface area contributed by atoms with Crippen LogP contribution in [0.25, 0.3) is 0 Å². The van der Waals surface area contributed by atoms with E-state index >= 15 is 0 Å². The lowest BCUT2D eigenvalue weighted by molar-refractivity contribution is 0.0697. The first-order chi connectivity index (χ1) is 9.63. The van der Waals surface area contributed by atoms with Gasteiger partial charge in [0.15, 0.2) is 0 Å². The van der Waals surface area contributed by atoms with Gasteiger partial charge in [0, 0.05) is 18.8 Å². The molecule has 102 valence electrons. The number of phenols is 1. The number of phenolic OH excluding ortho intramolecular Hbond substituents is 1. The number of nitrogens with zero attached hydrogens (tertiary/aromatic N) is 1. The first-order valence-electron chi connectivity index (χ1n) is 6.52. The summed E-state index contributed by atoms with van der Waals surface area (Å²) >= 11 is 0. The Kier molecular flexibility index (Phi) is 3.06. The van der Waals surface area contributed by atoms with Gasteiger partial charge in [0.1, 0.15) is 5.75 Å². The topological polar surface area (TPSA) is 60.8 Å². The number of fused-ring (bicyclic) bond motifs is 1. The number of hydrogen-bond donors (Lipinski definition) is 2. The third-order valence-electron chi connectivity index (χ3n) is 3.60. The summed E-state index contributed by atoms with van der Waals surface area (Å²) in [6.45, 7) is 1.59. The SMILES string of the molecule is O=C(O)c1ccc2c(c1)CCN2Cc1cccc(O)c1. The molecule has 2 aromatic carbocycles. The standard InChI is InChI=1S/C16H15NO3/c18-14-3-1-2-11(8-14)10-17-7-6-12-9-13(16(19)20)4-5-15(12)17/h1-5,8-9,18H,6-7,10H2,(H,19,20). The summed E-state index contributed by atoms with van der Waals surface area (Å²) in [5, 5.41) is 18.5. The van der Waals surface area contributed by atoms with Gasteiger partial charge in [-0.1, -0.05) is 12.1 Å². The van der Waals surface area contributed by atoms with Gasteiger partial charge in [-0.2, -0.15) is 0 Å². The predicted molar refractivity (Wildman–Crippen MR) is 76.3 cm³/mol. The first-order valence-corrected chi connectivity index (χ1v) is 6.52. The van der Waals surface area contributed by atoms with Crippen molar-refractivity contribution in [3.05, 3.63) is 59.2 Å². The lowest BCUT2D eigenvalue weighted by Gasteiger charge is -2.19. The summed E-state index contributed by atoms with van der Waals surface area (Å²) in [5.74, 6) is -0.623. The van der Waals surface area contributed by atoms with Gasteiger partial charge in [-0.05, 0) is 47.9 Å². The fourth-order valence-electron chi connectivity index (χ4n) is 2.64. The van der Waals surface area contributed by atoms with Crippen molar-refractivity contribution in [2.24, 2.45) is 0 Å². The summed E-state index contributed by atoms with van der Waals surface area (Å²) in [5.41, 5.74) is 3.53. The normalized spacial score (nSPS) is 13.3. The van der Waals surface area contributed by atoms with E-state index in [9.17, 15) is 9.90 Å². The number of anilines is 1. The summed E-state index contributed by atoms with van der Waals surface area (Å²) in [7, 11) is 0. The molecule has 1 heterocycles. The van der Waals surface area contributed by atoms with Crippen LogP contribution in [0.5, 0.6) is 5.75 Å². The molecular weight excluding hydrogens is 254 g/mol. The third kappa shape index (κ3) is 2.32. The maximum absolute atomic E-state index is 11.0. The van der Waals surface area contributed by atoms with Crippen LogP contribution < -0.4 is 4.90 Å². The second-order valence-corrected chi connectivity index (χ2v) is 4.99. The summed E-state index contributed by atoms with van der Waals surface area (Å²) in [6.07, 6.45) is 0.856. The molecule has 0 aliphatic carbocycles. The van der Waals surface area contributed by atoms with Gasteiger partial charge in [-0.3, -0.25) is 0 Å². The molecule has 0 atom stereocenters. The minimum atomic E-state index is -0.890. The van der Waals surface area contributed by atoms with Crippen molar-refractivity contribution in [3.8, 4) is 5.75 Å². The van der Waals surface area contributed by atoms with Crippen LogP contribution in [-0.4, -0.2) is 22.7 Å². The summed E-state index contributed by atoms with van der Waals surface area (Å²) in [4.78, 5) is 13.2. The quantitative estimate of drug-likeness (QED) is 0.899. The highest BCUT2D eigenvalue weighted by Crippen LogP contribution is 2.30. The molecule has 2 N–H and O–H groups in total. The molecule has 20 heavy (non-hydrogen) atoms. The zero-order chi connectivity index (χ0) is 14.1. The summed E-state index contributed by atoms with van der Waals surface area (Å²) in [6, 6.07) is 12.5. The van der Waals surface area contributed by atoms with Crippen molar-refractivity contribution in [2.45, 2.75) is 13.0 Å². The number of rotatable bonds is 3. The van der Waals surface area contributed by atoms with E-state index in [1.165, 1.54) is 0 Å². The van der Waals surface area contributed by atoms with Crippen LogP contribution in [-0.2, 0) is 13.0 Å². The monoisotopic (exact) mass is 269 g/mol. The molecule has 3 rings (SSSR count). The molecule has 1 aliphatic rings. The highest BCUT2D eigenvalue weighted by atomic mass is 16.4. The first kappa shape index (κ1) is 12.5. The molecule has 4 heteroatoms. The number of aromatic hydroxyl groups is 1. The fraction of sp³-hybridized carbons (Fsp3) is 0.188. The summed E-state index contributed by atoms with van der Waals surface area (Å²) < 4.78 is 0. The number of hydrogen-bond acceptors (Lipinski definition) is 3. The van der Waals surface area contributed by atoms with Crippen LogP contribution in [0.3, 0.4) is 0 Å². The third-order valence-corrected chi connectivity index (χ3v) is 3.60. The smallest absolute Gasteiger partial charge is 0.335 e. The Hall–Kier alpha value is -2.49. The Morgan fingerprint density at radius 1 is 1.20 bits per heavy atom. The second-order valence-electron chi connectivity index (χ2n) is 4.99. The van der Waals surface area contributed by atoms with E-state index in [0.717, 1.165) is 29.8 Å². The molecule has 0 saturated carbocycles. The molecule has 0 spiro atoms. The fourth-order valence-corrected chi connectivity index (χ4v) is 2.64. The van der Waals surface area contributed by atoms with E-state index in [1.54, 1.807) is 24.3 Å². The number of carboxylic acids is 1. The van der Waals surface area contributed by atoms with E-state index in [-0.39, 0.29) is 5.75 Å². The molecule has 0 bridgehead atoms. The second kappa shape index (κ2) is 4.89. The Morgan fingerprint density at radius 2 is 2.05 bits per heavy atom. The number of carboxylic acid groups (broad SMARTS) is 1. The Morgan fingerprint density at radius 3 is 2.80 bits per heavy atom. The average molecular weight is 269 g/mol. The van der Waals surface area contributed by atoms with Crippen LogP contribution in [0.4, 0.5) is 5.69 Å². The number of aromatic carboxylic acids is 1. The number of benzene rings is 2. The van der Waals surface area contributed by atoms with Crippen LogP contribution in [0, 0.1) is 0 Å². The molecule has 0 saturated heterocycles. The van der Waals surface area contributed by atoms with Crippen LogP contribution in [0.15, 0.2) is 42.5 Å². The molecule has 0 fully saturated rings. The Balaban J connectivity index is 1.84. The van der Waals surface area contributed by atoms with Gasteiger partial charge < -0.3 is 15.1 Å². The van der Waals surface area contributed by atoms with Crippen molar-refractivity contribution in [3.63, 3.8) is 0 Å².